The van der Waals surface area contributed by atoms with Crippen LogP contribution in [0.3, 0.4) is 0 Å². The van der Waals surface area contributed by atoms with Crippen LogP contribution in [0.5, 0.6) is 5.75 Å². The predicted molar refractivity (Wildman–Crippen MR) is 79.5 cm³/mol. The molecule has 0 bridgehead atoms. The molecular formula is C14H21N2O3P. The fourth-order valence-electron chi connectivity index (χ4n) is 2.31. The Labute approximate surface area is 119 Å². The second-order valence-corrected chi connectivity index (χ2v) is 7.02. The highest BCUT2D eigenvalue weighted by Gasteiger charge is 2.31. The van der Waals surface area contributed by atoms with Crippen LogP contribution in [0.1, 0.15) is 38.1 Å². The first-order valence-corrected chi connectivity index (χ1v) is 8.51. The van der Waals surface area contributed by atoms with Gasteiger partial charge in [-0.25, -0.2) is 9.55 Å². The Kier molecular flexibility index (Phi) is 4.21. The SMILES string of the molecule is CCC(CC)P(=O)(O)Oc1cccn2c(C)c(C)nc12. The Bertz CT molecular complexity index is 662. The lowest BCUT2D eigenvalue weighted by Gasteiger charge is -2.20. The van der Waals surface area contributed by atoms with E-state index in [2.05, 4.69) is 4.98 Å². The highest BCUT2D eigenvalue weighted by molar-refractivity contribution is 7.54. The quantitative estimate of drug-likeness (QED) is 0.854. The van der Waals surface area contributed by atoms with E-state index in [9.17, 15) is 9.46 Å². The number of imidazole rings is 1. The first-order valence-electron chi connectivity index (χ1n) is 6.87. The van der Waals surface area contributed by atoms with Gasteiger partial charge < -0.3 is 13.8 Å². The molecule has 2 aromatic heterocycles. The lowest BCUT2D eigenvalue weighted by molar-refractivity contribution is 0.361. The highest BCUT2D eigenvalue weighted by atomic mass is 31.2. The Balaban J connectivity index is 2.44. The van der Waals surface area contributed by atoms with E-state index in [1.54, 1.807) is 12.1 Å². The zero-order valence-electron chi connectivity index (χ0n) is 12.3. The van der Waals surface area contributed by atoms with Gasteiger partial charge in [-0.05, 0) is 38.8 Å². The Morgan fingerprint density at radius 1 is 1.40 bits per heavy atom. The van der Waals surface area contributed by atoms with E-state index in [1.165, 1.54) is 0 Å². The van der Waals surface area contributed by atoms with Crippen LogP contribution >= 0.6 is 7.60 Å². The summed E-state index contributed by atoms with van der Waals surface area (Å²) < 4.78 is 19.7. The van der Waals surface area contributed by atoms with Crippen molar-refractivity contribution in [1.29, 1.82) is 0 Å². The summed E-state index contributed by atoms with van der Waals surface area (Å²) in [6.07, 6.45) is 3.09. The number of aromatic nitrogens is 2. The van der Waals surface area contributed by atoms with Crippen molar-refractivity contribution in [2.24, 2.45) is 0 Å². The number of rotatable bonds is 5. The summed E-state index contributed by atoms with van der Waals surface area (Å²) in [4.78, 5) is 14.6. The summed E-state index contributed by atoms with van der Waals surface area (Å²) in [6, 6.07) is 3.48. The van der Waals surface area contributed by atoms with Crippen molar-refractivity contribution in [3.8, 4) is 5.75 Å². The molecule has 6 heteroatoms. The van der Waals surface area contributed by atoms with E-state index >= 15 is 0 Å². The summed E-state index contributed by atoms with van der Waals surface area (Å²) in [7, 11) is -3.69. The summed E-state index contributed by atoms with van der Waals surface area (Å²) in [5, 5.41) is 0. The molecule has 0 aliphatic heterocycles. The van der Waals surface area contributed by atoms with E-state index in [1.807, 2.05) is 38.3 Å². The maximum Gasteiger partial charge on any atom is 0.379 e. The molecule has 0 aliphatic rings. The average molecular weight is 296 g/mol. The molecule has 20 heavy (non-hydrogen) atoms. The molecule has 0 saturated heterocycles. The van der Waals surface area contributed by atoms with Gasteiger partial charge in [0.05, 0.1) is 11.4 Å². The Hall–Kier alpha value is -1.32. The molecule has 0 spiro atoms. The lowest BCUT2D eigenvalue weighted by atomic mass is 10.3. The summed E-state index contributed by atoms with van der Waals surface area (Å²) in [6.45, 7) is 7.65. The third-order valence-corrected chi connectivity index (χ3v) is 5.83. The molecule has 0 aliphatic carbocycles. The van der Waals surface area contributed by atoms with Gasteiger partial charge in [-0.3, -0.25) is 0 Å². The molecule has 110 valence electrons. The molecule has 1 N–H and O–H groups in total. The van der Waals surface area contributed by atoms with Crippen LogP contribution < -0.4 is 4.52 Å². The number of hydrogen-bond acceptors (Lipinski definition) is 3. The number of fused-ring (bicyclic) bond motifs is 1. The number of pyridine rings is 1. The lowest BCUT2D eigenvalue weighted by Crippen LogP contribution is -2.10. The summed E-state index contributed by atoms with van der Waals surface area (Å²) in [5.74, 6) is 0.362. The van der Waals surface area contributed by atoms with E-state index in [0.29, 0.717) is 24.2 Å². The van der Waals surface area contributed by atoms with Gasteiger partial charge in [0.25, 0.3) is 0 Å². The van der Waals surface area contributed by atoms with E-state index in [-0.39, 0.29) is 5.66 Å². The van der Waals surface area contributed by atoms with E-state index < -0.39 is 7.60 Å². The zero-order chi connectivity index (χ0) is 14.9. The van der Waals surface area contributed by atoms with Gasteiger partial charge in [0.1, 0.15) is 0 Å². The van der Waals surface area contributed by atoms with Gasteiger partial charge in [-0.15, -0.1) is 0 Å². The third-order valence-electron chi connectivity index (χ3n) is 3.72. The molecule has 0 amide bonds. The van der Waals surface area contributed by atoms with Crippen molar-refractivity contribution in [3.63, 3.8) is 0 Å². The van der Waals surface area contributed by atoms with E-state index in [4.69, 9.17) is 4.52 Å². The molecule has 0 fully saturated rings. The molecule has 5 nitrogen and oxygen atoms in total. The second-order valence-electron chi connectivity index (χ2n) is 4.97. The van der Waals surface area contributed by atoms with Gasteiger partial charge in [-0.1, -0.05) is 13.8 Å². The van der Waals surface area contributed by atoms with E-state index in [0.717, 1.165) is 11.4 Å². The topological polar surface area (TPSA) is 63.8 Å². The number of nitrogens with zero attached hydrogens (tertiary/aromatic N) is 2. The highest BCUT2D eigenvalue weighted by Crippen LogP contribution is 2.50. The molecule has 2 aromatic rings. The smallest absolute Gasteiger partial charge is 0.379 e. The molecule has 1 unspecified atom stereocenters. The molecule has 0 radical (unpaired) electrons. The standard InChI is InChI=1S/C14H21N2O3P/c1-5-12(6-2)20(17,18)19-13-8-7-9-16-11(4)10(3)15-14(13)16/h7-9,12H,5-6H2,1-4H3,(H,17,18). The molecular weight excluding hydrogens is 275 g/mol. The maximum absolute atomic E-state index is 12.4. The largest absolute Gasteiger partial charge is 0.420 e. The van der Waals surface area contributed by atoms with Crippen LogP contribution in [0.2, 0.25) is 0 Å². The summed E-state index contributed by atoms with van der Waals surface area (Å²) in [5.41, 5.74) is 2.12. The molecule has 2 heterocycles. The van der Waals surface area contributed by atoms with Crippen LogP contribution in [0.25, 0.3) is 5.65 Å². The Morgan fingerprint density at radius 2 is 2.05 bits per heavy atom. The van der Waals surface area contributed by atoms with Crippen molar-refractivity contribution in [2.45, 2.75) is 46.2 Å². The minimum atomic E-state index is -3.69. The van der Waals surface area contributed by atoms with Gasteiger partial charge >= 0.3 is 7.60 Å². The first kappa shape index (κ1) is 15.1. The molecule has 0 saturated carbocycles. The van der Waals surface area contributed by atoms with Crippen molar-refractivity contribution in [1.82, 2.24) is 9.38 Å². The number of aryl methyl sites for hydroxylation is 2. The maximum atomic E-state index is 12.4. The second kappa shape index (κ2) is 5.58. The van der Waals surface area contributed by atoms with Gasteiger partial charge in [-0.2, -0.15) is 0 Å². The Morgan fingerprint density at radius 3 is 2.65 bits per heavy atom. The normalized spacial score (nSPS) is 14.7. The van der Waals surface area contributed by atoms with Crippen LogP contribution in [0.4, 0.5) is 0 Å². The monoisotopic (exact) mass is 296 g/mol. The minimum Gasteiger partial charge on any atom is -0.420 e. The van der Waals surface area contributed by atoms with Crippen molar-refractivity contribution in [2.75, 3.05) is 0 Å². The molecule has 1 atom stereocenters. The van der Waals surface area contributed by atoms with Gasteiger partial charge in [0, 0.05) is 11.9 Å². The minimum absolute atomic E-state index is 0.347. The third kappa shape index (κ3) is 2.60. The molecule has 2 rings (SSSR count). The first-order chi connectivity index (χ1) is 9.40. The van der Waals surface area contributed by atoms with Crippen LogP contribution in [0.15, 0.2) is 18.3 Å². The zero-order valence-corrected chi connectivity index (χ0v) is 13.2. The van der Waals surface area contributed by atoms with Crippen molar-refractivity contribution >= 4 is 13.2 Å². The van der Waals surface area contributed by atoms with Gasteiger partial charge in [0.15, 0.2) is 11.4 Å². The number of hydrogen-bond donors (Lipinski definition) is 1. The van der Waals surface area contributed by atoms with Crippen LogP contribution in [-0.2, 0) is 4.57 Å². The van der Waals surface area contributed by atoms with Crippen LogP contribution in [0, 0.1) is 13.8 Å². The summed E-state index contributed by atoms with van der Waals surface area (Å²) >= 11 is 0. The fraction of sp³-hybridized carbons (Fsp3) is 0.500. The van der Waals surface area contributed by atoms with Crippen LogP contribution in [-0.4, -0.2) is 19.9 Å². The molecule has 0 aromatic carbocycles. The van der Waals surface area contributed by atoms with Crippen molar-refractivity contribution in [3.05, 3.63) is 29.7 Å². The van der Waals surface area contributed by atoms with Crippen molar-refractivity contribution < 1.29 is 14.0 Å². The average Bonchev–Trinajstić information content (AvgIpc) is 2.68. The fourth-order valence-corrected chi connectivity index (χ4v) is 3.81. The van der Waals surface area contributed by atoms with Gasteiger partial charge in [0.2, 0.25) is 0 Å². The predicted octanol–water partition coefficient (Wildman–Crippen LogP) is 3.70.